The van der Waals surface area contributed by atoms with Crippen LogP contribution in [-0.4, -0.2) is 25.3 Å². The van der Waals surface area contributed by atoms with Crippen molar-refractivity contribution in [2.24, 2.45) is 0 Å². The average molecular weight is 405 g/mol. The summed E-state index contributed by atoms with van der Waals surface area (Å²) in [5, 5.41) is 7.56. The van der Waals surface area contributed by atoms with Gasteiger partial charge in [0.25, 0.3) is 15.9 Å². The van der Waals surface area contributed by atoms with Crippen LogP contribution in [0.15, 0.2) is 51.2 Å². The van der Waals surface area contributed by atoms with Crippen molar-refractivity contribution in [1.29, 1.82) is 0 Å². The fraction of sp³-hybridized carbons (Fsp3) is 0.118. The number of benzene rings is 1. The zero-order valence-electron chi connectivity index (χ0n) is 14.3. The standard InChI is InChI=1S/C17H15N3O5S2/c1-10-7-16(19-25-10)18-17(22)15-8-14(9-26-15)27(23,24)20-13-5-3-12(4-6-13)11(2)21/h3-9,20H,1-2H3,(H,18,19,22). The van der Waals surface area contributed by atoms with E-state index in [1.165, 1.54) is 42.6 Å². The van der Waals surface area contributed by atoms with E-state index in [0.29, 0.717) is 17.0 Å². The third kappa shape index (κ3) is 4.41. The van der Waals surface area contributed by atoms with Gasteiger partial charge in [-0.3, -0.25) is 14.3 Å². The number of anilines is 2. The molecular weight excluding hydrogens is 390 g/mol. The summed E-state index contributed by atoms with van der Waals surface area (Å²) >= 11 is 0.993. The molecule has 0 spiro atoms. The van der Waals surface area contributed by atoms with Crippen molar-refractivity contribution in [1.82, 2.24) is 5.16 Å². The summed E-state index contributed by atoms with van der Waals surface area (Å²) in [4.78, 5) is 23.6. The van der Waals surface area contributed by atoms with Gasteiger partial charge in [0, 0.05) is 22.7 Å². The van der Waals surface area contributed by atoms with E-state index in [4.69, 9.17) is 4.52 Å². The van der Waals surface area contributed by atoms with Gasteiger partial charge in [0.2, 0.25) is 0 Å². The number of amides is 1. The van der Waals surface area contributed by atoms with Crippen molar-refractivity contribution >= 4 is 44.6 Å². The second kappa shape index (κ2) is 7.33. The number of hydrogen-bond donors (Lipinski definition) is 2. The zero-order valence-corrected chi connectivity index (χ0v) is 16.0. The van der Waals surface area contributed by atoms with Crippen molar-refractivity contribution in [3.8, 4) is 0 Å². The smallest absolute Gasteiger partial charge is 0.267 e. The molecule has 0 saturated heterocycles. The van der Waals surface area contributed by atoms with Gasteiger partial charge in [-0.2, -0.15) is 0 Å². The minimum Gasteiger partial charge on any atom is -0.360 e. The molecule has 0 bridgehead atoms. The molecule has 1 amide bonds. The lowest BCUT2D eigenvalue weighted by Crippen LogP contribution is -2.13. The summed E-state index contributed by atoms with van der Waals surface area (Å²) in [6, 6.07) is 8.90. The van der Waals surface area contributed by atoms with Crippen LogP contribution in [0.2, 0.25) is 0 Å². The summed E-state index contributed by atoms with van der Waals surface area (Å²) in [5.74, 6) is 0.194. The Balaban J connectivity index is 1.73. The number of hydrogen-bond acceptors (Lipinski definition) is 7. The molecule has 8 nitrogen and oxygen atoms in total. The van der Waals surface area contributed by atoms with Crippen molar-refractivity contribution in [3.05, 3.63) is 58.0 Å². The van der Waals surface area contributed by atoms with Gasteiger partial charge in [-0.15, -0.1) is 11.3 Å². The van der Waals surface area contributed by atoms with E-state index in [1.807, 2.05) is 0 Å². The average Bonchev–Trinajstić information content (AvgIpc) is 3.24. The molecule has 1 aromatic carbocycles. The van der Waals surface area contributed by atoms with E-state index in [1.54, 1.807) is 13.0 Å². The SMILES string of the molecule is CC(=O)c1ccc(NS(=O)(=O)c2csc(C(=O)Nc3cc(C)on3)c2)cc1. The minimum atomic E-state index is -3.87. The Kier molecular flexibility index (Phi) is 5.10. The quantitative estimate of drug-likeness (QED) is 0.608. The van der Waals surface area contributed by atoms with Crippen LogP contribution in [-0.2, 0) is 10.0 Å². The van der Waals surface area contributed by atoms with Gasteiger partial charge >= 0.3 is 0 Å². The summed E-state index contributed by atoms with van der Waals surface area (Å²) in [6.45, 7) is 3.12. The maximum absolute atomic E-state index is 12.5. The van der Waals surface area contributed by atoms with Crippen LogP contribution in [0.3, 0.4) is 0 Å². The molecule has 0 saturated carbocycles. The third-order valence-electron chi connectivity index (χ3n) is 3.52. The van der Waals surface area contributed by atoms with Gasteiger partial charge in [-0.05, 0) is 44.2 Å². The number of rotatable bonds is 6. The number of aromatic nitrogens is 1. The van der Waals surface area contributed by atoms with Crippen LogP contribution in [0, 0.1) is 6.92 Å². The van der Waals surface area contributed by atoms with Crippen LogP contribution in [0.4, 0.5) is 11.5 Å². The molecule has 140 valence electrons. The van der Waals surface area contributed by atoms with Crippen molar-refractivity contribution in [2.45, 2.75) is 18.7 Å². The van der Waals surface area contributed by atoms with E-state index >= 15 is 0 Å². The minimum absolute atomic E-state index is 0.0374. The van der Waals surface area contributed by atoms with Crippen molar-refractivity contribution in [2.75, 3.05) is 10.0 Å². The lowest BCUT2D eigenvalue weighted by atomic mass is 10.1. The Morgan fingerprint density at radius 2 is 1.85 bits per heavy atom. The van der Waals surface area contributed by atoms with E-state index in [9.17, 15) is 18.0 Å². The number of carbonyl (C=O) groups excluding carboxylic acids is 2. The molecule has 0 aliphatic rings. The van der Waals surface area contributed by atoms with Crippen LogP contribution >= 0.6 is 11.3 Å². The van der Waals surface area contributed by atoms with Gasteiger partial charge in [-0.1, -0.05) is 5.16 Å². The first kappa shape index (κ1) is 18.8. The lowest BCUT2D eigenvalue weighted by Gasteiger charge is -2.06. The molecule has 0 radical (unpaired) electrons. The predicted molar refractivity (Wildman–Crippen MR) is 101 cm³/mol. The first-order valence-corrected chi connectivity index (χ1v) is 10.1. The summed E-state index contributed by atoms with van der Waals surface area (Å²) < 4.78 is 32.3. The van der Waals surface area contributed by atoms with E-state index in [2.05, 4.69) is 15.2 Å². The fourth-order valence-corrected chi connectivity index (χ4v) is 4.40. The third-order valence-corrected chi connectivity index (χ3v) is 5.96. The maximum atomic E-state index is 12.5. The van der Waals surface area contributed by atoms with Gasteiger partial charge in [0.05, 0.1) is 9.77 Å². The van der Waals surface area contributed by atoms with Gasteiger partial charge in [-0.25, -0.2) is 8.42 Å². The normalized spacial score (nSPS) is 11.2. The Morgan fingerprint density at radius 3 is 2.44 bits per heavy atom. The molecule has 3 aromatic rings. The zero-order chi connectivity index (χ0) is 19.6. The number of nitrogens with zero attached hydrogens (tertiary/aromatic N) is 1. The molecule has 10 heteroatoms. The first-order valence-electron chi connectivity index (χ1n) is 7.71. The van der Waals surface area contributed by atoms with Gasteiger partial charge in [0.15, 0.2) is 11.6 Å². The first-order chi connectivity index (χ1) is 12.7. The molecule has 2 N–H and O–H groups in total. The molecule has 27 heavy (non-hydrogen) atoms. The van der Waals surface area contributed by atoms with E-state index in [0.717, 1.165) is 11.3 Å². The molecule has 3 rings (SSSR count). The topological polar surface area (TPSA) is 118 Å². The molecule has 0 aliphatic carbocycles. The van der Waals surface area contributed by atoms with E-state index in [-0.39, 0.29) is 21.4 Å². The highest BCUT2D eigenvalue weighted by Crippen LogP contribution is 2.23. The molecule has 0 fully saturated rings. The number of Topliss-reactive ketones (excluding diaryl/α,β-unsaturated/α-hetero) is 1. The highest BCUT2D eigenvalue weighted by molar-refractivity contribution is 7.92. The Morgan fingerprint density at radius 1 is 1.15 bits per heavy atom. The van der Waals surface area contributed by atoms with Gasteiger partial charge in [0.1, 0.15) is 5.76 Å². The lowest BCUT2D eigenvalue weighted by molar-refractivity contribution is 0.101. The Hall–Kier alpha value is -2.98. The second-order valence-corrected chi connectivity index (χ2v) is 8.26. The van der Waals surface area contributed by atoms with Crippen LogP contribution in [0.1, 0.15) is 32.7 Å². The van der Waals surface area contributed by atoms with Crippen molar-refractivity contribution in [3.63, 3.8) is 0 Å². The van der Waals surface area contributed by atoms with Crippen molar-refractivity contribution < 1.29 is 22.5 Å². The number of ketones is 1. The predicted octanol–water partition coefficient (Wildman–Crippen LogP) is 3.30. The van der Waals surface area contributed by atoms with Gasteiger partial charge < -0.3 is 9.84 Å². The number of carbonyl (C=O) groups is 2. The number of sulfonamides is 1. The molecular formula is C17H15N3O5S2. The second-order valence-electron chi connectivity index (χ2n) is 5.66. The highest BCUT2D eigenvalue weighted by Gasteiger charge is 2.20. The summed E-state index contributed by atoms with van der Waals surface area (Å²) in [5.41, 5.74) is 0.797. The monoisotopic (exact) mass is 405 g/mol. The van der Waals surface area contributed by atoms with E-state index < -0.39 is 15.9 Å². The molecule has 0 aliphatic heterocycles. The number of thiophene rings is 1. The highest BCUT2D eigenvalue weighted by atomic mass is 32.2. The summed E-state index contributed by atoms with van der Waals surface area (Å²) in [7, 11) is -3.87. The fourth-order valence-electron chi connectivity index (χ4n) is 2.17. The summed E-state index contributed by atoms with van der Waals surface area (Å²) in [6.07, 6.45) is 0. The number of nitrogens with one attached hydrogen (secondary N) is 2. The Labute approximate surface area is 159 Å². The molecule has 2 aromatic heterocycles. The largest absolute Gasteiger partial charge is 0.360 e. The molecule has 0 atom stereocenters. The maximum Gasteiger partial charge on any atom is 0.267 e. The van der Waals surface area contributed by atoms with Crippen LogP contribution < -0.4 is 10.0 Å². The Bertz CT molecular complexity index is 1100. The van der Waals surface area contributed by atoms with Crippen LogP contribution in [0.25, 0.3) is 0 Å². The molecule has 2 heterocycles. The molecule has 0 unspecified atom stereocenters. The van der Waals surface area contributed by atoms with Crippen LogP contribution in [0.5, 0.6) is 0 Å². The number of aryl methyl sites for hydroxylation is 1.